The molecule has 9 heteroatoms. The fourth-order valence-corrected chi connectivity index (χ4v) is 4.54. The predicted molar refractivity (Wildman–Crippen MR) is 127 cm³/mol. The zero-order valence-corrected chi connectivity index (χ0v) is 19.0. The van der Waals surface area contributed by atoms with Crippen molar-refractivity contribution < 1.29 is 9.18 Å². The van der Waals surface area contributed by atoms with Crippen LogP contribution in [0.15, 0.2) is 55.1 Å². The summed E-state index contributed by atoms with van der Waals surface area (Å²) >= 11 is 5.87. The van der Waals surface area contributed by atoms with E-state index in [1.54, 1.807) is 18.2 Å². The van der Waals surface area contributed by atoms with Crippen molar-refractivity contribution >= 4 is 34.8 Å². The zero-order chi connectivity index (χ0) is 23.2. The minimum absolute atomic E-state index is 0.0732. The Morgan fingerprint density at radius 3 is 2.85 bits per heavy atom. The molecule has 3 aromatic heterocycles. The van der Waals surface area contributed by atoms with Crippen molar-refractivity contribution in [3.8, 4) is 0 Å². The van der Waals surface area contributed by atoms with Gasteiger partial charge in [-0.15, -0.1) is 0 Å². The smallest absolute Gasteiger partial charge is 0.229 e. The van der Waals surface area contributed by atoms with Gasteiger partial charge in [-0.2, -0.15) is 0 Å². The van der Waals surface area contributed by atoms with Gasteiger partial charge >= 0.3 is 0 Å². The first-order chi connectivity index (χ1) is 16.5. The topological polar surface area (TPSA) is 84.2 Å². The van der Waals surface area contributed by atoms with E-state index in [0.29, 0.717) is 36.1 Å². The Morgan fingerprint density at radius 1 is 1.15 bits per heavy atom. The summed E-state index contributed by atoms with van der Waals surface area (Å²) in [6.07, 6.45) is 8.67. The molecule has 2 aliphatic rings. The Labute approximate surface area is 200 Å². The molecule has 4 aromatic rings. The minimum Gasteiger partial charge on any atom is -0.364 e. The number of aromatic nitrogens is 4. The van der Waals surface area contributed by atoms with Crippen LogP contribution in [0.4, 0.5) is 16.0 Å². The van der Waals surface area contributed by atoms with Crippen molar-refractivity contribution in [2.75, 3.05) is 10.6 Å². The molecule has 2 aliphatic carbocycles. The Hall–Kier alpha value is -3.52. The van der Waals surface area contributed by atoms with Gasteiger partial charge in [0.05, 0.1) is 17.3 Å². The van der Waals surface area contributed by atoms with Gasteiger partial charge < -0.3 is 15.0 Å². The van der Waals surface area contributed by atoms with Crippen LogP contribution in [0, 0.1) is 11.7 Å². The summed E-state index contributed by atoms with van der Waals surface area (Å²) in [4.78, 5) is 25.7. The normalized spacial score (nSPS) is 19.2. The average molecular weight is 477 g/mol. The van der Waals surface area contributed by atoms with Crippen molar-refractivity contribution in [2.24, 2.45) is 5.92 Å². The number of benzene rings is 1. The number of amides is 1. The maximum atomic E-state index is 14.3. The fraction of sp³-hybridized carbons (Fsp3) is 0.280. The van der Waals surface area contributed by atoms with Crippen LogP contribution in [0.25, 0.3) is 5.65 Å². The Bertz CT molecular complexity index is 1400. The van der Waals surface area contributed by atoms with E-state index in [1.165, 1.54) is 30.8 Å². The van der Waals surface area contributed by atoms with Gasteiger partial charge in [0.1, 0.15) is 29.4 Å². The van der Waals surface area contributed by atoms with Crippen molar-refractivity contribution in [3.05, 3.63) is 82.8 Å². The molecule has 0 bridgehead atoms. The van der Waals surface area contributed by atoms with E-state index in [2.05, 4.69) is 48.3 Å². The van der Waals surface area contributed by atoms with Gasteiger partial charge in [-0.05, 0) is 54.4 Å². The second-order valence-corrected chi connectivity index (χ2v) is 9.36. The van der Waals surface area contributed by atoms with Crippen molar-refractivity contribution in [1.29, 1.82) is 0 Å². The molecule has 1 amide bonds. The Morgan fingerprint density at radius 2 is 2.00 bits per heavy atom. The van der Waals surface area contributed by atoms with Crippen molar-refractivity contribution in [3.63, 3.8) is 0 Å². The van der Waals surface area contributed by atoms with Gasteiger partial charge in [-0.1, -0.05) is 29.8 Å². The van der Waals surface area contributed by atoms with Crippen LogP contribution in [0.2, 0.25) is 5.02 Å². The Balaban J connectivity index is 1.08. The SMILES string of the molecule is O=C(Nc1cc(NCc2cn3cc(C4CC4)ccc3n2)ncn1)[C@H]1C[C@@H]1c1cccc(Cl)c1F. The number of hydrogen-bond donors (Lipinski definition) is 2. The molecule has 2 saturated carbocycles. The lowest BCUT2D eigenvalue weighted by atomic mass is 10.1. The second-order valence-electron chi connectivity index (χ2n) is 8.96. The number of carbonyl (C=O) groups excluding carboxylic acids is 1. The summed E-state index contributed by atoms with van der Waals surface area (Å²) in [6.45, 7) is 0.490. The number of fused-ring (bicyclic) bond motifs is 1. The molecular formula is C25H22ClFN6O. The molecule has 172 valence electrons. The van der Waals surface area contributed by atoms with E-state index in [9.17, 15) is 9.18 Å². The lowest BCUT2D eigenvalue weighted by Crippen LogP contribution is -2.16. The molecule has 0 saturated heterocycles. The zero-order valence-electron chi connectivity index (χ0n) is 18.2. The van der Waals surface area contributed by atoms with Gasteiger partial charge in [0.25, 0.3) is 0 Å². The van der Waals surface area contributed by atoms with E-state index in [-0.39, 0.29) is 22.8 Å². The van der Waals surface area contributed by atoms with Gasteiger partial charge in [-0.3, -0.25) is 4.79 Å². The molecule has 0 aliphatic heterocycles. The fourth-order valence-electron chi connectivity index (χ4n) is 4.36. The molecule has 3 heterocycles. The third-order valence-corrected chi connectivity index (χ3v) is 6.74. The summed E-state index contributed by atoms with van der Waals surface area (Å²) in [5, 5.41) is 6.12. The van der Waals surface area contributed by atoms with Gasteiger partial charge in [0.2, 0.25) is 5.91 Å². The number of imidazole rings is 1. The van der Waals surface area contributed by atoms with Crippen LogP contribution in [0.3, 0.4) is 0 Å². The lowest BCUT2D eigenvalue weighted by Gasteiger charge is -2.08. The number of rotatable bonds is 7. The van der Waals surface area contributed by atoms with E-state index < -0.39 is 5.82 Å². The standard InChI is InChI=1S/C25H22ClFN6O/c26-20-3-1-2-17(24(20)27)18-8-19(18)25(34)32-22-9-21(29-13-30-22)28-10-16-12-33-11-15(14-4-5-14)6-7-23(33)31-16/h1-3,6-7,9,11-14,18-19H,4-5,8,10H2,(H2,28,29,30,32,34)/t18-,19+/m1/s1. The van der Waals surface area contributed by atoms with Crippen LogP contribution in [-0.2, 0) is 11.3 Å². The summed E-state index contributed by atoms with van der Waals surface area (Å²) in [6, 6.07) is 10.8. The van der Waals surface area contributed by atoms with Crippen LogP contribution >= 0.6 is 11.6 Å². The maximum absolute atomic E-state index is 14.3. The lowest BCUT2D eigenvalue weighted by molar-refractivity contribution is -0.117. The van der Waals surface area contributed by atoms with E-state index >= 15 is 0 Å². The van der Waals surface area contributed by atoms with Gasteiger partial charge in [0.15, 0.2) is 0 Å². The van der Waals surface area contributed by atoms with Crippen molar-refractivity contribution in [1.82, 2.24) is 19.4 Å². The minimum atomic E-state index is -0.450. The maximum Gasteiger partial charge on any atom is 0.229 e. The Kier molecular flexibility index (Phi) is 5.17. The molecular weight excluding hydrogens is 455 g/mol. The third kappa shape index (κ3) is 4.21. The van der Waals surface area contributed by atoms with Crippen LogP contribution in [0.5, 0.6) is 0 Å². The largest absolute Gasteiger partial charge is 0.364 e. The number of halogens is 2. The number of carbonyl (C=O) groups is 1. The molecule has 34 heavy (non-hydrogen) atoms. The number of nitrogens with one attached hydrogen (secondary N) is 2. The molecule has 2 atom stereocenters. The first-order valence-electron chi connectivity index (χ1n) is 11.3. The van der Waals surface area contributed by atoms with Gasteiger partial charge in [-0.25, -0.2) is 19.3 Å². The number of nitrogens with zero attached hydrogens (tertiary/aromatic N) is 4. The third-order valence-electron chi connectivity index (χ3n) is 6.45. The highest BCUT2D eigenvalue weighted by Crippen LogP contribution is 2.49. The predicted octanol–water partition coefficient (Wildman–Crippen LogP) is 5.15. The number of hydrogen-bond acceptors (Lipinski definition) is 5. The van der Waals surface area contributed by atoms with E-state index in [4.69, 9.17) is 11.6 Å². The highest BCUT2D eigenvalue weighted by atomic mass is 35.5. The number of anilines is 2. The molecule has 2 N–H and O–H groups in total. The molecule has 0 unspecified atom stereocenters. The monoisotopic (exact) mass is 476 g/mol. The molecule has 1 aromatic carbocycles. The molecule has 6 rings (SSSR count). The summed E-state index contributed by atoms with van der Waals surface area (Å²) in [5.74, 6) is 0.539. The quantitative estimate of drug-likeness (QED) is 0.385. The van der Waals surface area contributed by atoms with Gasteiger partial charge in [0, 0.05) is 24.4 Å². The molecule has 0 spiro atoms. The molecule has 0 radical (unpaired) electrons. The van der Waals surface area contributed by atoms with E-state index in [1.807, 2.05) is 6.20 Å². The second kappa shape index (κ2) is 8.36. The summed E-state index contributed by atoms with van der Waals surface area (Å²) in [5.41, 5.74) is 3.64. The van der Waals surface area contributed by atoms with Crippen LogP contribution in [-0.4, -0.2) is 25.3 Å². The van der Waals surface area contributed by atoms with Crippen LogP contribution in [0.1, 0.15) is 47.9 Å². The first kappa shape index (κ1) is 21.0. The molecule has 7 nitrogen and oxygen atoms in total. The average Bonchev–Trinajstić information content (AvgIpc) is 3.76. The summed E-state index contributed by atoms with van der Waals surface area (Å²) in [7, 11) is 0. The van der Waals surface area contributed by atoms with Crippen molar-refractivity contribution in [2.45, 2.75) is 37.6 Å². The molecule has 2 fully saturated rings. The van der Waals surface area contributed by atoms with Crippen LogP contribution < -0.4 is 10.6 Å². The summed E-state index contributed by atoms with van der Waals surface area (Å²) < 4.78 is 16.3. The highest BCUT2D eigenvalue weighted by Gasteiger charge is 2.45. The number of pyridine rings is 1. The first-order valence-corrected chi connectivity index (χ1v) is 11.7. The van der Waals surface area contributed by atoms with E-state index in [0.717, 1.165) is 11.3 Å². The highest BCUT2D eigenvalue weighted by molar-refractivity contribution is 6.30.